The van der Waals surface area contributed by atoms with Gasteiger partial charge < -0.3 is 4.57 Å². The number of aromatic nitrogens is 2. The summed E-state index contributed by atoms with van der Waals surface area (Å²) in [6.07, 6.45) is 12.5. The van der Waals surface area contributed by atoms with Gasteiger partial charge in [0, 0.05) is 18.9 Å². The molecule has 0 fully saturated rings. The van der Waals surface area contributed by atoms with Crippen molar-refractivity contribution in [2.75, 3.05) is 0 Å². The average Bonchev–Trinajstić information content (AvgIpc) is 3.06. The largest absolute Gasteiger partial charge is 0.507 e. The van der Waals surface area contributed by atoms with Gasteiger partial charge in [-0.25, -0.2) is 32.4 Å². The van der Waals surface area contributed by atoms with Crippen molar-refractivity contribution in [3.8, 4) is 0 Å². The molecule has 0 saturated heterocycles. The maximum Gasteiger partial charge on any atom is 0.507 e. The van der Waals surface area contributed by atoms with Crippen molar-refractivity contribution in [1.29, 1.82) is 0 Å². The minimum absolute atomic E-state index is 1.13. The van der Waals surface area contributed by atoms with Crippen LogP contribution >= 0.6 is 47.4 Å². The van der Waals surface area contributed by atoms with E-state index in [1.54, 1.807) is 0 Å². The summed E-state index contributed by atoms with van der Waals surface area (Å²) < 4.78 is 116. The highest BCUT2D eigenvalue weighted by molar-refractivity contribution is 7.46. The Morgan fingerprint density at radius 1 is 0.524 bits per heavy atom. The number of nitrogens with zero attached hydrogens (tertiary/aromatic N) is 2. The number of rotatable bonds is 6. The maximum atomic E-state index is 10.4. The molecule has 12 N–H and O–H groups in total. The van der Waals surface area contributed by atoms with Crippen LogP contribution in [0.2, 0.25) is 0 Å². The number of halogens is 6. The van der Waals surface area contributed by atoms with Gasteiger partial charge in [-0.3, -0.25) is 58.7 Å². The molecule has 42 heavy (non-hydrogen) atoms. The Morgan fingerprint density at radius 2 is 0.762 bits per heavy atom. The van der Waals surface area contributed by atoms with Gasteiger partial charge in [0.15, 0.2) is 0 Å². The molecule has 1 aromatic rings. The van der Waals surface area contributed by atoms with Crippen LogP contribution in [-0.2, 0) is 33.9 Å². The number of aryl methyl sites for hydroxylation is 1. The molecule has 0 bridgehead atoms. The van der Waals surface area contributed by atoms with Crippen LogP contribution in [0.5, 0.6) is 0 Å². The molecule has 1 heterocycles. The topological polar surface area (TPSA) is 363 Å². The van der Waals surface area contributed by atoms with Crippen molar-refractivity contribution in [2.45, 2.75) is 45.6 Å². The van der Waals surface area contributed by atoms with Crippen LogP contribution < -0.4 is 0 Å². The van der Waals surface area contributed by atoms with Gasteiger partial charge in [-0.2, -0.15) is 0 Å². The summed E-state index contributed by atoms with van der Waals surface area (Å²) in [5.41, 5.74) is 0. The molecular weight excluding hydrogens is 736 g/mol. The van der Waals surface area contributed by atoms with Crippen LogP contribution in [0.1, 0.15) is 39.0 Å². The summed E-state index contributed by atoms with van der Waals surface area (Å²) in [6.45, 7) is 3.37. The zero-order valence-corrected chi connectivity index (χ0v) is 26.0. The third kappa shape index (κ3) is 317. The molecule has 0 aliphatic rings. The normalized spacial score (nSPS) is 11.4. The highest BCUT2D eigenvalue weighted by Gasteiger charge is 2.07. The lowest BCUT2D eigenvalue weighted by Crippen LogP contribution is -1.93. The summed E-state index contributed by atoms with van der Waals surface area (Å²) in [6, 6.07) is 0. The van der Waals surface area contributed by atoms with Crippen LogP contribution in [0.4, 0.5) is 25.2 Å². The van der Waals surface area contributed by atoms with Gasteiger partial charge in [0.05, 0.1) is 6.33 Å². The predicted molar refractivity (Wildman–Crippen MR) is 130 cm³/mol. The Hall–Kier alpha value is -0.310. The quantitative estimate of drug-likeness (QED) is 0.112. The SMILES string of the molecule is CCCCCCCn1ccnc1.O=P(O)(O)F.O=P(O)(O)F.O=P(O)(O)F.O=P(O)(O)F.O=P(O)(O)F.O=P(O)(O)F. The predicted octanol–water partition coefficient (Wildman–Crippen LogP) is 3.15. The van der Waals surface area contributed by atoms with E-state index in [-0.39, 0.29) is 0 Å². The second-order valence-corrected chi connectivity index (χ2v) is 11.7. The highest BCUT2D eigenvalue weighted by atomic mass is 31.2. The molecule has 0 radical (unpaired) electrons. The zero-order chi connectivity index (χ0) is 35.6. The number of imidazole rings is 1. The maximum absolute atomic E-state index is 10.4. The fourth-order valence-corrected chi connectivity index (χ4v) is 1.32. The summed E-state index contributed by atoms with van der Waals surface area (Å²) in [5.74, 6) is 0. The van der Waals surface area contributed by atoms with Gasteiger partial charge >= 0.3 is 47.4 Å². The summed E-state index contributed by atoms with van der Waals surface area (Å²) in [4.78, 5) is 87.6. The molecule has 0 aliphatic heterocycles. The van der Waals surface area contributed by atoms with Crippen molar-refractivity contribution >= 4 is 47.4 Å². The second kappa shape index (κ2) is 27.0. The van der Waals surface area contributed by atoms with Crippen molar-refractivity contribution in [2.24, 2.45) is 0 Å². The third-order valence-corrected chi connectivity index (χ3v) is 2.08. The van der Waals surface area contributed by atoms with Crippen LogP contribution in [0, 0.1) is 0 Å². The minimum Gasteiger partial charge on any atom is -0.337 e. The first kappa shape index (κ1) is 54.2. The molecule has 0 aliphatic carbocycles. The number of hydrogen-bond acceptors (Lipinski definition) is 7. The first-order chi connectivity index (χ1) is 17.9. The lowest BCUT2D eigenvalue weighted by Gasteiger charge is -2.00. The lowest BCUT2D eigenvalue weighted by molar-refractivity contribution is 0.320. The summed E-state index contributed by atoms with van der Waals surface area (Å²) in [5, 5.41) is 0. The lowest BCUT2D eigenvalue weighted by atomic mass is 10.1. The Bertz CT molecular complexity index is 827. The smallest absolute Gasteiger partial charge is 0.337 e. The molecule has 1 aromatic heterocycles. The van der Waals surface area contributed by atoms with E-state index in [0.717, 1.165) is 6.54 Å². The van der Waals surface area contributed by atoms with Crippen LogP contribution in [0.3, 0.4) is 0 Å². The molecule has 20 nitrogen and oxygen atoms in total. The van der Waals surface area contributed by atoms with Crippen molar-refractivity contribution in [1.82, 2.24) is 9.55 Å². The molecule has 0 spiro atoms. The van der Waals surface area contributed by atoms with Crippen LogP contribution in [0.25, 0.3) is 0 Å². The van der Waals surface area contributed by atoms with E-state index < -0.39 is 47.4 Å². The highest BCUT2D eigenvalue weighted by Crippen LogP contribution is 2.37. The Labute approximate surface area is 233 Å². The van der Waals surface area contributed by atoms with Gasteiger partial charge in [0.1, 0.15) is 0 Å². The number of hydrogen-bond donors (Lipinski definition) is 12. The van der Waals surface area contributed by atoms with E-state index in [2.05, 4.69) is 16.5 Å². The fraction of sp³-hybridized carbons (Fsp3) is 0.700. The molecule has 0 aromatic carbocycles. The molecular formula is C10H30F6N2O18P6. The molecule has 32 heteroatoms. The van der Waals surface area contributed by atoms with Crippen molar-refractivity contribution in [3.63, 3.8) is 0 Å². The molecule has 0 unspecified atom stereocenters. The van der Waals surface area contributed by atoms with E-state index in [0.29, 0.717) is 0 Å². The zero-order valence-electron chi connectivity index (χ0n) is 20.6. The number of unbranched alkanes of at least 4 members (excludes halogenated alkanes) is 4. The van der Waals surface area contributed by atoms with Crippen LogP contribution in [-0.4, -0.2) is 68.3 Å². The van der Waals surface area contributed by atoms with E-state index in [9.17, 15) is 25.2 Å². The molecule has 1 rings (SSSR count). The van der Waals surface area contributed by atoms with E-state index in [1.165, 1.54) is 32.1 Å². The minimum atomic E-state index is -5.14. The van der Waals surface area contributed by atoms with Gasteiger partial charge in [-0.05, 0) is 6.42 Å². The Balaban J connectivity index is -0.0000000944. The second-order valence-electron chi connectivity index (χ2n) is 6.05. The van der Waals surface area contributed by atoms with Gasteiger partial charge in [0.2, 0.25) is 0 Å². The van der Waals surface area contributed by atoms with Crippen molar-refractivity contribution in [3.05, 3.63) is 18.7 Å². The first-order valence-corrected chi connectivity index (χ1v) is 18.4. The third-order valence-electron chi connectivity index (χ3n) is 2.08. The van der Waals surface area contributed by atoms with Crippen LogP contribution in [0.15, 0.2) is 18.7 Å². The summed E-state index contributed by atoms with van der Waals surface area (Å²) in [7, 11) is -30.8. The Morgan fingerprint density at radius 3 is 0.952 bits per heavy atom. The van der Waals surface area contributed by atoms with E-state index in [4.69, 9.17) is 86.1 Å². The summed E-state index contributed by atoms with van der Waals surface area (Å²) >= 11 is 0. The van der Waals surface area contributed by atoms with E-state index in [1.807, 2.05) is 18.7 Å². The van der Waals surface area contributed by atoms with Gasteiger partial charge in [0.25, 0.3) is 0 Å². The molecule has 260 valence electrons. The molecule has 0 atom stereocenters. The monoisotopic (exact) mass is 766 g/mol. The van der Waals surface area contributed by atoms with E-state index >= 15 is 0 Å². The van der Waals surface area contributed by atoms with Gasteiger partial charge in [-0.15, -0.1) is 25.2 Å². The fourth-order valence-electron chi connectivity index (χ4n) is 1.32. The van der Waals surface area contributed by atoms with Crippen molar-refractivity contribution < 1.29 is 111 Å². The Kier molecular flexibility index (Phi) is 34.9. The molecule has 0 amide bonds. The molecule has 0 saturated carbocycles. The van der Waals surface area contributed by atoms with Gasteiger partial charge in [-0.1, -0.05) is 32.6 Å². The average molecular weight is 766 g/mol. The first-order valence-electron chi connectivity index (χ1n) is 9.40. The standard InChI is InChI=1S/C10H18N2.6FH2O3P/c1-2-3-4-5-6-8-12-9-7-11-10-12;6*1-5(2,3)4/h7,9-10H,2-6,8H2,1H3;6*(H2,2,3,4).